The topological polar surface area (TPSA) is 87.2 Å². The number of aliphatic carboxylic acids is 1. The monoisotopic (exact) mass is 326 g/mol. The summed E-state index contributed by atoms with van der Waals surface area (Å²) in [6.07, 6.45) is -0.675. The van der Waals surface area contributed by atoms with Gasteiger partial charge >= 0.3 is 5.97 Å². The first-order chi connectivity index (χ1) is 10.4. The standard InChI is InChI=1S/C14H18N2O5S/c1-10-13(14(17)18)16(6-7-21-10)22(19,20)15-8-11-4-2-3-5-12(11)9-15/h2-5,10,13H,6-9H2,1H3,(H,17,18)/t10-,13+/m0/s1. The summed E-state index contributed by atoms with van der Waals surface area (Å²) in [6.45, 7) is 2.38. The van der Waals surface area contributed by atoms with Crippen LogP contribution in [-0.4, -0.2) is 53.4 Å². The van der Waals surface area contributed by atoms with Crippen LogP contribution in [0.25, 0.3) is 0 Å². The lowest BCUT2D eigenvalue weighted by Gasteiger charge is -2.37. The van der Waals surface area contributed by atoms with Gasteiger partial charge in [0.25, 0.3) is 10.2 Å². The van der Waals surface area contributed by atoms with Crippen LogP contribution in [0, 0.1) is 0 Å². The van der Waals surface area contributed by atoms with Gasteiger partial charge in [0.2, 0.25) is 0 Å². The summed E-state index contributed by atoms with van der Waals surface area (Å²) in [5.74, 6) is -1.19. The number of carboxylic acid groups (broad SMARTS) is 1. The molecule has 7 nitrogen and oxygen atoms in total. The molecule has 0 amide bonds. The van der Waals surface area contributed by atoms with Crippen molar-refractivity contribution in [3.05, 3.63) is 35.4 Å². The molecule has 0 aromatic heterocycles. The van der Waals surface area contributed by atoms with Crippen molar-refractivity contribution < 1.29 is 23.1 Å². The second kappa shape index (κ2) is 5.62. The van der Waals surface area contributed by atoms with Crippen LogP contribution < -0.4 is 0 Å². The molecule has 0 bridgehead atoms. The second-order valence-corrected chi connectivity index (χ2v) is 7.40. The zero-order chi connectivity index (χ0) is 15.9. The van der Waals surface area contributed by atoms with Gasteiger partial charge in [0, 0.05) is 19.6 Å². The minimum Gasteiger partial charge on any atom is -0.480 e. The van der Waals surface area contributed by atoms with E-state index in [1.54, 1.807) is 6.92 Å². The fourth-order valence-electron chi connectivity index (χ4n) is 2.99. The molecule has 0 saturated carbocycles. The lowest BCUT2D eigenvalue weighted by molar-refractivity contribution is -0.150. The molecule has 0 radical (unpaired) electrons. The van der Waals surface area contributed by atoms with Crippen LogP contribution in [-0.2, 0) is 32.8 Å². The fraction of sp³-hybridized carbons (Fsp3) is 0.500. The van der Waals surface area contributed by atoms with Gasteiger partial charge in [-0.2, -0.15) is 17.0 Å². The lowest BCUT2D eigenvalue weighted by atomic mass is 10.1. The average molecular weight is 326 g/mol. The third kappa shape index (κ3) is 2.52. The maximum atomic E-state index is 12.8. The van der Waals surface area contributed by atoms with Crippen LogP contribution >= 0.6 is 0 Å². The van der Waals surface area contributed by atoms with Crippen LogP contribution in [0.15, 0.2) is 24.3 Å². The van der Waals surface area contributed by atoms with Crippen LogP contribution in [0.1, 0.15) is 18.1 Å². The highest BCUT2D eigenvalue weighted by molar-refractivity contribution is 7.86. The van der Waals surface area contributed by atoms with Gasteiger partial charge in [-0.05, 0) is 18.1 Å². The highest BCUT2D eigenvalue weighted by Gasteiger charge is 2.45. The Kier molecular flexibility index (Phi) is 3.94. The number of carbonyl (C=O) groups is 1. The summed E-state index contributed by atoms with van der Waals surface area (Å²) >= 11 is 0. The molecule has 120 valence electrons. The molecule has 2 aliphatic heterocycles. The van der Waals surface area contributed by atoms with Crippen molar-refractivity contribution in [1.82, 2.24) is 8.61 Å². The smallest absolute Gasteiger partial charge is 0.324 e. The Hall–Kier alpha value is -1.48. The van der Waals surface area contributed by atoms with E-state index in [9.17, 15) is 18.3 Å². The number of carboxylic acids is 1. The predicted molar refractivity (Wildman–Crippen MR) is 78.2 cm³/mol. The number of fused-ring (bicyclic) bond motifs is 1. The zero-order valence-electron chi connectivity index (χ0n) is 12.2. The Labute approximate surface area is 129 Å². The minimum absolute atomic E-state index is 0.0521. The van der Waals surface area contributed by atoms with E-state index in [4.69, 9.17) is 4.74 Å². The Balaban J connectivity index is 1.88. The molecule has 0 unspecified atom stereocenters. The van der Waals surface area contributed by atoms with Gasteiger partial charge < -0.3 is 9.84 Å². The molecule has 1 aromatic carbocycles. The summed E-state index contributed by atoms with van der Waals surface area (Å²) in [6, 6.07) is 6.32. The van der Waals surface area contributed by atoms with E-state index in [0.29, 0.717) is 0 Å². The molecule has 0 spiro atoms. The van der Waals surface area contributed by atoms with Crippen LogP contribution in [0.3, 0.4) is 0 Å². The van der Waals surface area contributed by atoms with Crippen molar-refractivity contribution in [3.63, 3.8) is 0 Å². The van der Waals surface area contributed by atoms with E-state index in [1.807, 2.05) is 24.3 Å². The van der Waals surface area contributed by atoms with Gasteiger partial charge in [-0.3, -0.25) is 4.79 Å². The lowest BCUT2D eigenvalue weighted by Crippen LogP contribution is -2.59. The maximum Gasteiger partial charge on any atom is 0.324 e. The van der Waals surface area contributed by atoms with E-state index < -0.39 is 28.3 Å². The summed E-state index contributed by atoms with van der Waals surface area (Å²) < 4.78 is 33.4. The number of nitrogens with zero attached hydrogens (tertiary/aromatic N) is 2. The van der Waals surface area contributed by atoms with Crippen LogP contribution in [0.5, 0.6) is 0 Å². The summed E-state index contributed by atoms with van der Waals surface area (Å²) in [4.78, 5) is 11.5. The second-order valence-electron chi connectivity index (χ2n) is 5.51. The molecule has 22 heavy (non-hydrogen) atoms. The SMILES string of the molecule is C[C@@H]1OCCN(S(=O)(=O)N2Cc3ccccc3C2)[C@H]1C(=O)O. The van der Waals surface area contributed by atoms with Crippen molar-refractivity contribution >= 4 is 16.2 Å². The molecule has 1 N–H and O–H groups in total. The Morgan fingerprint density at radius 3 is 2.41 bits per heavy atom. The van der Waals surface area contributed by atoms with Crippen molar-refractivity contribution in [2.75, 3.05) is 13.2 Å². The first-order valence-corrected chi connectivity index (χ1v) is 8.49. The Bertz CT molecular complexity index is 665. The van der Waals surface area contributed by atoms with E-state index in [1.165, 1.54) is 4.31 Å². The zero-order valence-corrected chi connectivity index (χ0v) is 13.0. The van der Waals surface area contributed by atoms with Crippen molar-refractivity contribution in [2.24, 2.45) is 0 Å². The van der Waals surface area contributed by atoms with Crippen LogP contribution in [0.2, 0.25) is 0 Å². The molecule has 2 heterocycles. The van der Waals surface area contributed by atoms with Crippen molar-refractivity contribution in [3.8, 4) is 0 Å². The molecule has 1 fully saturated rings. The van der Waals surface area contributed by atoms with Crippen LogP contribution in [0.4, 0.5) is 0 Å². The largest absolute Gasteiger partial charge is 0.480 e. The summed E-state index contributed by atoms with van der Waals surface area (Å²) in [5.41, 5.74) is 1.92. The molecular weight excluding hydrogens is 308 g/mol. The Morgan fingerprint density at radius 2 is 1.86 bits per heavy atom. The normalized spacial score (nSPS) is 26.8. The first-order valence-electron chi connectivity index (χ1n) is 7.09. The number of hydrogen-bond acceptors (Lipinski definition) is 4. The van der Waals surface area contributed by atoms with Gasteiger partial charge in [-0.1, -0.05) is 24.3 Å². The number of ether oxygens (including phenoxy) is 1. The van der Waals surface area contributed by atoms with E-state index in [-0.39, 0.29) is 26.2 Å². The Morgan fingerprint density at radius 1 is 1.27 bits per heavy atom. The van der Waals surface area contributed by atoms with Crippen molar-refractivity contribution in [1.29, 1.82) is 0 Å². The van der Waals surface area contributed by atoms with Gasteiger partial charge in [-0.15, -0.1) is 0 Å². The third-order valence-electron chi connectivity index (χ3n) is 4.13. The predicted octanol–water partition coefficient (Wildman–Crippen LogP) is 0.421. The van der Waals surface area contributed by atoms with E-state index in [2.05, 4.69) is 0 Å². The molecule has 1 aromatic rings. The molecule has 0 aliphatic carbocycles. The number of morpholine rings is 1. The number of benzene rings is 1. The van der Waals surface area contributed by atoms with E-state index >= 15 is 0 Å². The van der Waals surface area contributed by atoms with E-state index in [0.717, 1.165) is 15.4 Å². The molecule has 1 saturated heterocycles. The molecule has 2 aliphatic rings. The average Bonchev–Trinajstić information content (AvgIpc) is 2.91. The van der Waals surface area contributed by atoms with Gasteiger partial charge in [-0.25, -0.2) is 0 Å². The summed E-state index contributed by atoms with van der Waals surface area (Å²) in [5, 5.41) is 9.35. The van der Waals surface area contributed by atoms with Gasteiger partial charge in [0.1, 0.15) is 6.04 Å². The first kappa shape index (κ1) is 15.4. The maximum absolute atomic E-state index is 12.8. The molecule has 8 heteroatoms. The van der Waals surface area contributed by atoms with Gasteiger partial charge in [0.05, 0.1) is 12.7 Å². The molecule has 3 rings (SSSR count). The quantitative estimate of drug-likeness (QED) is 0.870. The third-order valence-corrected chi connectivity index (χ3v) is 6.05. The number of hydrogen-bond donors (Lipinski definition) is 1. The minimum atomic E-state index is -3.85. The fourth-order valence-corrected chi connectivity index (χ4v) is 4.74. The highest BCUT2D eigenvalue weighted by Crippen LogP contribution is 2.29. The molecule has 2 atom stereocenters. The van der Waals surface area contributed by atoms with Gasteiger partial charge in [0.15, 0.2) is 0 Å². The number of rotatable bonds is 3. The highest BCUT2D eigenvalue weighted by atomic mass is 32.2. The van der Waals surface area contributed by atoms with Crippen molar-refractivity contribution in [2.45, 2.75) is 32.2 Å². The molecular formula is C14H18N2O5S. The summed E-state index contributed by atoms with van der Waals surface area (Å²) in [7, 11) is -3.85.